The average molecular weight is 238 g/mol. The first-order valence-electron chi connectivity index (χ1n) is 3.73. The van der Waals surface area contributed by atoms with E-state index in [0.29, 0.717) is 0 Å². The van der Waals surface area contributed by atoms with E-state index >= 15 is 0 Å². The van der Waals surface area contributed by atoms with Crippen LogP contribution in [0.5, 0.6) is 5.75 Å². The largest absolute Gasteiger partial charge is 0.493 e. The smallest absolute Gasteiger partial charge is 0.339 e. The molecule has 0 saturated carbocycles. The molecule has 0 aliphatic rings. The third-order valence-corrected chi connectivity index (χ3v) is 1.87. The Balaban J connectivity index is 3.38. The molecule has 7 heteroatoms. The number of aromatic nitrogens is 1. The van der Waals surface area contributed by atoms with Gasteiger partial charge in [0.1, 0.15) is 11.3 Å². The maximum Gasteiger partial charge on any atom is 0.339 e. The highest BCUT2D eigenvalue weighted by molar-refractivity contribution is 6.31. The van der Waals surface area contributed by atoms with Crippen LogP contribution in [-0.2, 0) is 0 Å². The Labute approximate surface area is 88.4 Å². The van der Waals surface area contributed by atoms with E-state index in [9.17, 15) is 13.6 Å². The number of hydrogen-bond acceptors (Lipinski definition) is 3. The maximum atomic E-state index is 12.3. The van der Waals surface area contributed by atoms with Crippen LogP contribution in [0, 0.1) is 0 Å². The van der Waals surface area contributed by atoms with E-state index in [0.717, 1.165) is 6.07 Å². The van der Waals surface area contributed by atoms with E-state index in [1.807, 2.05) is 0 Å². The van der Waals surface area contributed by atoms with Crippen LogP contribution in [0.15, 0.2) is 6.07 Å². The number of nitrogens with zero attached hydrogens (tertiary/aromatic N) is 1. The number of rotatable bonds is 3. The molecule has 82 valence electrons. The van der Waals surface area contributed by atoms with Crippen LogP contribution < -0.4 is 4.74 Å². The number of methoxy groups -OCH3 is 1. The van der Waals surface area contributed by atoms with Gasteiger partial charge in [-0.15, -0.1) is 0 Å². The molecule has 1 N–H and O–H groups in total. The molecule has 4 nitrogen and oxygen atoms in total. The summed E-state index contributed by atoms with van der Waals surface area (Å²) in [6.45, 7) is 0. The highest BCUT2D eigenvalue weighted by Gasteiger charge is 2.20. The standard InChI is InChI=1S/C8H6ClF2NO3/c1-15-5-3(8(13)14)2-4(7(10)11)12-6(5)9/h2,7H,1H3,(H,13,14). The number of aromatic carboxylic acids is 1. The quantitative estimate of drug-likeness (QED) is 0.820. The van der Waals surface area contributed by atoms with Crippen molar-refractivity contribution in [2.75, 3.05) is 7.11 Å². The summed E-state index contributed by atoms with van der Waals surface area (Å²) in [5, 5.41) is 8.32. The van der Waals surface area contributed by atoms with Gasteiger partial charge in [-0.05, 0) is 6.07 Å². The van der Waals surface area contributed by atoms with Crippen molar-refractivity contribution >= 4 is 17.6 Å². The van der Waals surface area contributed by atoms with Gasteiger partial charge in [0.05, 0.1) is 7.11 Å². The lowest BCUT2D eigenvalue weighted by atomic mass is 10.2. The first kappa shape index (κ1) is 11.6. The van der Waals surface area contributed by atoms with Gasteiger partial charge >= 0.3 is 5.97 Å². The fraction of sp³-hybridized carbons (Fsp3) is 0.250. The maximum absolute atomic E-state index is 12.3. The van der Waals surface area contributed by atoms with Crippen molar-refractivity contribution in [3.05, 3.63) is 22.5 Å². The molecule has 0 aliphatic carbocycles. The van der Waals surface area contributed by atoms with Crippen LogP contribution in [0.25, 0.3) is 0 Å². The van der Waals surface area contributed by atoms with Crippen LogP contribution in [-0.4, -0.2) is 23.2 Å². The highest BCUT2D eigenvalue weighted by atomic mass is 35.5. The number of carbonyl (C=O) groups is 1. The van der Waals surface area contributed by atoms with Gasteiger partial charge in [0, 0.05) is 0 Å². The summed E-state index contributed by atoms with van der Waals surface area (Å²) in [4.78, 5) is 14.0. The van der Waals surface area contributed by atoms with Crippen LogP contribution >= 0.6 is 11.6 Å². The van der Waals surface area contributed by atoms with Gasteiger partial charge < -0.3 is 9.84 Å². The van der Waals surface area contributed by atoms with E-state index in [1.54, 1.807) is 0 Å². The van der Waals surface area contributed by atoms with Gasteiger partial charge in [0.25, 0.3) is 6.43 Å². The first-order valence-corrected chi connectivity index (χ1v) is 4.11. The zero-order chi connectivity index (χ0) is 11.6. The molecular weight excluding hydrogens is 232 g/mol. The number of carboxylic acid groups (broad SMARTS) is 1. The SMILES string of the molecule is COc1c(C(=O)O)cc(C(F)F)nc1Cl. The van der Waals surface area contributed by atoms with Gasteiger partial charge in [0.15, 0.2) is 10.9 Å². The molecule has 0 amide bonds. The molecule has 0 unspecified atom stereocenters. The number of carboxylic acids is 1. The fourth-order valence-corrected chi connectivity index (χ4v) is 1.26. The van der Waals surface area contributed by atoms with E-state index in [-0.39, 0.29) is 5.75 Å². The molecule has 1 rings (SSSR count). The van der Waals surface area contributed by atoms with Crippen LogP contribution in [0.2, 0.25) is 5.15 Å². The lowest BCUT2D eigenvalue weighted by Gasteiger charge is -2.08. The summed E-state index contributed by atoms with van der Waals surface area (Å²) in [6, 6.07) is 0.734. The molecule has 0 fully saturated rings. The van der Waals surface area contributed by atoms with Gasteiger partial charge in [-0.1, -0.05) is 11.6 Å². The minimum Gasteiger partial charge on any atom is -0.493 e. The second-order valence-electron chi connectivity index (χ2n) is 2.52. The van der Waals surface area contributed by atoms with Crippen molar-refractivity contribution in [2.45, 2.75) is 6.43 Å². The van der Waals surface area contributed by atoms with E-state index < -0.39 is 28.8 Å². The summed E-state index contributed by atoms with van der Waals surface area (Å²) in [5.41, 5.74) is -1.13. The molecule has 0 radical (unpaired) electrons. The molecular formula is C8H6ClF2NO3. The predicted molar refractivity (Wildman–Crippen MR) is 47.7 cm³/mol. The molecule has 1 aromatic rings. The van der Waals surface area contributed by atoms with Crippen LogP contribution in [0.1, 0.15) is 22.5 Å². The lowest BCUT2D eigenvalue weighted by Crippen LogP contribution is -2.05. The Morgan fingerprint density at radius 3 is 2.67 bits per heavy atom. The van der Waals surface area contributed by atoms with E-state index in [2.05, 4.69) is 9.72 Å². The Morgan fingerprint density at radius 2 is 2.27 bits per heavy atom. The summed E-state index contributed by atoms with van der Waals surface area (Å²) >= 11 is 5.49. The molecule has 0 aromatic carbocycles. The van der Waals surface area contributed by atoms with Gasteiger partial charge in [-0.25, -0.2) is 18.6 Å². The Bertz CT molecular complexity index is 398. The lowest BCUT2D eigenvalue weighted by molar-refractivity contribution is 0.0692. The highest BCUT2D eigenvalue weighted by Crippen LogP contribution is 2.30. The molecule has 0 atom stereocenters. The molecule has 15 heavy (non-hydrogen) atoms. The Kier molecular flexibility index (Phi) is 3.41. The third kappa shape index (κ3) is 2.33. The fourth-order valence-electron chi connectivity index (χ4n) is 0.986. The molecule has 1 aromatic heterocycles. The second kappa shape index (κ2) is 4.39. The molecule has 0 bridgehead atoms. The summed E-state index contributed by atoms with van der Waals surface area (Å²) < 4.78 is 29.2. The molecule has 0 spiro atoms. The zero-order valence-electron chi connectivity index (χ0n) is 7.50. The van der Waals surface area contributed by atoms with Crippen LogP contribution in [0.3, 0.4) is 0 Å². The number of ether oxygens (including phenoxy) is 1. The van der Waals surface area contributed by atoms with Gasteiger partial charge in [-0.2, -0.15) is 0 Å². The van der Waals surface area contributed by atoms with Crippen molar-refractivity contribution < 1.29 is 23.4 Å². The molecule has 0 aliphatic heterocycles. The zero-order valence-corrected chi connectivity index (χ0v) is 8.26. The summed E-state index contributed by atoms with van der Waals surface area (Å²) in [7, 11) is 1.18. The number of pyridine rings is 1. The van der Waals surface area contributed by atoms with Crippen LogP contribution in [0.4, 0.5) is 8.78 Å². The number of alkyl halides is 2. The second-order valence-corrected chi connectivity index (χ2v) is 2.88. The average Bonchev–Trinajstić information content (AvgIpc) is 2.16. The molecule has 0 saturated heterocycles. The normalized spacial score (nSPS) is 10.5. The number of halogens is 3. The van der Waals surface area contributed by atoms with E-state index in [4.69, 9.17) is 16.7 Å². The number of hydrogen-bond donors (Lipinski definition) is 1. The van der Waals surface area contributed by atoms with E-state index in [1.165, 1.54) is 7.11 Å². The van der Waals surface area contributed by atoms with Crippen molar-refractivity contribution in [1.82, 2.24) is 4.98 Å². The minimum absolute atomic E-state index is 0.228. The van der Waals surface area contributed by atoms with Crippen molar-refractivity contribution in [3.8, 4) is 5.75 Å². The van der Waals surface area contributed by atoms with Gasteiger partial charge in [0.2, 0.25) is 0 Å². The first-order chi connectivity index (χ1) is 6.97. The Hall–Kier alpha value is -1.43. The topological polar surface area (TPSA) is 59.4 Å². The summed E-state index contributed by atoms with van der Waals surface area (Å²) in [6.07, 6.45) is -2.88. The molecule has 1 heterocycles. The predicted octanol–water partition coefficient (Wildman–Crippen LogP) is 2.38. The third-order valence-electron chi connectivity index (χ3n) is 1.61. The van der Waals surface area contributed by atoms with Crippen molar-refractivity contribution in [2.24, 2.45) is 0 Å². The van der Waals surface area contributed by atoms with Crippen molar-refractivity contribution in [3.63, 3.8) is 0 Å². The minimum atomic E-state index is -2.88. The van der Waals surface area contributed by atoms with Crippen molar-refractivity contribution in [1.29, 1.82) is 0 Å². The summed E-state index contributed by atoms with van der Waals surface area (Å²) in [5.74, 6) is -1.63. The van der Waals surface area contributed by atoms with Gasteiger partial charge in [-0.3, -0.25) is 0 Å². The monoisotopic (exact) mass is 237 g/mol. The Morgan fingerprint density at radius 1 is 1.67 bits per heavy atom.